The molecule has 0 aliphatic carbocycles. The van der Waals surface area contributed by atoms with Gasteiger partial charge in [0.25, 0.3) is 5.91 Å². The summed E-state index contributed by atoms with van der Waals surface area (Å²) in [6.07, 6.45) is 1.50. The number of rotatable bonds is 5. The molecule has 3 rings (SSSR count). The van der Waals surface area contributed by atoms with Gasteiger partial charge in [0.2, 0.25) is 0 Å². The first-order valence-corrected chi connectivity index (χ1v) is 7.52. The van der Waals surface area contributed by atoms with E-state index in [9.17, 15) is 4.79 Å². The number of anilines is 1. The first kappa shape index (κ1) is 16.2. The number of amides is 1. The summed E-state index contributed by atoms with van der Waals surface area (Å²) < 4.78 is 2.94. The lowest BCUT2D eigenvalue weighted by atomic mass is 10.2. The van der Waals surface area contributed by atoms with Crippen LogP contribution >= 0.6 is 0 Å². The largest absolute Gasteiger partial charge is 0.281 e. The van der Waals surface area contributed by atoms with Crippen LogP contribution in [0.2, 0.25) is 0 Å². The molecule has 0 atom stereocenters. The Hall–Kier alpha value is -3.67. The van der Waals surface area contributed by atoms with Gasteiger partial charge in [0.05, 0.1) is 5.69 Å². The molecule has 0 spiro atoms. The van der Waals surface area contributed by atoms with Crippen molar-refractivity contribution in [2.24, 2.45) is 7.05 Å². The molecule has 126 valence electrons. The van der Waals surface area contributed by atoms with Crippen molar-refractivity contribution in [3.8, 4) is 17.5 Å². The van der Waals surface area contributed by atoms with Gasteiger partial charge in [0.15, 0.2) is 11.6 Å². The Bertz CT molecular complexity index is 935. The van der Waals surface area contributed by atoms with E-state index in [1.807, 2.05) is 30.3 Å². The van der Waals surface area contributed by atoms with Gasteiger partial charge in [-0.15, -0.1) is 0 Å². The van der Waals surface area contributed by atoms with Crippen molar-refractivity contribution in [1.82, 2.24) is 30.0 Å². The van der Waals surface area contributed by atoms with E-state index < -0.39 is 0 Å². The summed E-state index contributed by atoms with van der Waals surface area (Å²) in [5, 5.41) is 17.6. The van der Waals surface area contributed by atoms with E-state index in [1.54, 1.807) is 14.0 Å². The highest BCUT2D eigenvalue weighted by molar-refractivity contribution is 5.77. The standard InChI is InChI=1S/C16H16N8O/c1-11-13(8-17)16(23(2)21-11)20-19-14(25)9-24-10-18-15(22-24)12-6-4-3-5-7-12/h3-7,10,20H,9H2,1-2H3,(H,19,25). The van der Waals surface area contributed by atoms with Crippen molar-refractivity contribution in [3.63, 3.8) is 0 Å². The van der Waals surface area contributed by atoms with Gasteiger partial charge in [-0.05, 0) is 6.92 Å². The number of aromatic nitrogens is 5. The minimum absolute atomic E-state index is 0.00838. The third kappa shape index (κ3) is 3.48. The molecule has 1 aromatic carbocycles. The maximum atomic E-state index is 12.1. The SMILES string of the molecule is Cc1nn(C)c(NNC(=O)Cn2cnc(-c3ccccc3)n2)c1C#N. The van der Waals surface area contributed by atoms with Crippen molar-refractivity contribution < 1.29 is 4.79 Å². The zero-order valence-corrected chi connectivity index (χ0v) is 13.8. The van der Waals surface area contributed by atoms with Gasteiger partial charge in [-0.25, -0.2) is 9.67 Å². The summed E-state index contributed by atoms with van der Waals surface area (Å²) in [4.78, 5) is 16.3. The number of hydrogen-bond acceptors (Lipinski definition) is 6. The van der Waals surface area contributed by atoms with Crippen LogP contribution in [0.15, 0.2) is 36.7 Å². The summed E-state index contributed by atoms with van der Waals surface area (Å²) in [5.41, 5.74) is 7.12. The first-order chi connectivity index (χ1) is 12.1. The molecule has 0 aliphatic heterocycles. The van der Waals surface area contributed by atoms with E-state index in [0.717, 1.165) is 5.56 Å². The molecule has 2 N–H and O–H groups in total. The molecule has 3 aromatic rings. The maximum absolute atomic E-state index is 12.1. The number of nitriles is 1. The number of carbonyl (C=O) groups excluding carboxylic acids is 1. The van der Waals surface area contributed by atoms with E-state index in [2.05, 4.69) is 32.1 Å². The predicted molar refractivity (Wildman–Crippen MR) is 89.9 cm³/mol. The molecule has 0 radical (unpaired) electrons. The van der Waals surface area contributed by atoms with E-state index in [1.165, 1.54) is 15.7 Å². The second kappa shape index (κ2) is 6.84. The van der Waals surface area contributed by atoms with E-state index >= 15 is 0 Å². The van der Waals surface area contributed by atoms with Crippen LogP contribution in [0.4, 0.5) is 5.82 Å². The lowest BCUT2D eigenvalue weighted by Gasteiger charge is -2.08. The van der Waals surface area contributed by atoms with Gasteiger partial charge < -0.3 is 0 Å². The average Bonchev–Trinajstić information content (AvgIpc) is 3.17. The highest BCUT2D eigenvalue weighted by atomic mass is 16.2. The molecule has 0 aliphatic rings. The summed E-state index contributed by atoms with van der Waals surface area (Å²) in [5.74, 6) is 0.652. The fourth-order valence-corrected chi connectivity index (χ4v) is 2.34. The molecule has 2 heterocycles. The second-order valence-corrected chi connectivity index (χ2v) is 5.35. The van der Waals surface area contributed by atoms with Crippen LogP contribution < -0.4 is 10.9 Å². The molecule has 0 unspecified atom stereocenters. The average molecular weight is 336 g/mol. The van der Waals surface area contributed by atoms with Crippen LogP contribution in [-0.4, -0.2) is 30.5 Å². The first-order valence-electron chi connectivity index (χ1n) is 7.52. The second-order valence-electron chi connectivity index (χ2n) is 5.35. The number of hydrogen-bond donors (Lipinski definition) is 2. The Morgan fingerprint density at radius 3 is 2.76 bits per heavy atom. The van der Waals surface area contributed by atoms with Gasteiger partial charge in [0.1, 0.15) is 24.5 Å². The zero-order chi connectivity index (χ0) is 17.8. The minimum atomic E-state index is -0.327. The highest BCUT2D eigenvalue weighted by Gasteiger charge is 2.14. The number of carbonyl (C=O) groups is 1. The number of nitrogens with one attached hydrogen (secondary N) is 2. The molecule has 1 amide bonds. The lowest BCUT2D eigenvalue weighted by molar-refractivity contribution is -0.121. The molecule has 9 heteroatoms. The van der Waals surface area contributed by atoms with Crippen LogP contribution in [-0.2, 0) is 18.4 Å². The Kier molecular flexibility index (Phi) is 4.43. The van der Waals surface area contributed by atoms with Crippen molar-refractivity contribution in [2.75, 3.05) is 5.43 Å². The highest BCUT2D eigenvalue weighted by Crippen LogP contribution is 2.16. The summed E-state index contributed by atoms with van der Waals surface area (Å²) in [6, 6.07) is 11.6. The maximum Gasteiger partial charge on any atom is 0.260 e. The smallest absolute Gasteiger partial charge is 0.260 e. The topological polar surface area (TPSA) is 113 Å². The quantitative estimate of drug-likeness (QED) is 0.672. The fourth-order valence-electron chi connectivity index (χ4n) is 2.34. The molecule has 0 saturated carbocycles. The minimum Gasteiger partial charge on any atom is -0.281 e. The summed E-state index contributed by atoms with van der Waals surface area (Å²) in [7, 11) is 1.69. The molecule has 0 fully saturated rings. The van der Waals surface area contributed by atoms with Gasteiger partial charge in [-0.3, -0.25) is 20.3 Å². The van der Waals surface area contributed by atoms with Crippen LogP contribution in [0.25, 0.3) is 11.4 Å². The molecule has 0 bridgehead atoms. The Morgan fingerprint density at radius 2 is 2.04 bits per heavy atom. The van der Waals surface area contributed by atoms with Gasteiger partial charge in [-0.1, -0.05) is 30.3 Å². The fraction of sp³-hybridized carbons (Fsp3) is 0.188. The Balaban J connectivity index is 1.63. The van der Waals surface area contributed by atoms with Crippen molar-refractivity contribution in [2.45, 2.75) is 13.5 Å². The molecule has 2 aromatic heterocycles. The van der Waals surface area contributed by atoms with Crippen molar-refractivity contribution in [3.05, 3.63) is 47.9 Å². The third-order valence-electron chi connectivity index (χ3n) is 3.53. The van der Waals surface area contributed by atoms with Crippen LogP contribution in [0.1, 0.15) is 11.3 Å². The third-order valence-corrected chi connectivity index (χ3v) is 3.53. The lowest BCUT2D eigenvalue weighted by Crippen LogP contribution is -2.33. The number of benzene rings is 1. The van der Waals surface area contributed by atoms with E-state index in [0.29, 0.717) is 22.9 Å². The van der Waals surface area contributed by atoms with Crippen LogP contribution in [0.5, 0.6) is 0 Å². The van der Waals surface area contributed by atoms with E-state index in [4.69, 9.17) is 5.26 Å². The van der Waals surface area contributed by atoms with Crippen LogP contribution in [0, 0.1) is 18.3 Å². The van der Waals surface area contributed by atoms with Crippen molar-refractivity contribution in [1.29, 1.82) is 5.26 Å². The zero-order valence-electron chi connectivity index (χ0n) is 13.8. The summed E-state index contributed by atoms with van der Waals surface area (Å²) in [6.45, 7) is 1.72. The van der Waals surface area contributed by atoms with Gasteiger partial charge in [0, 0.05) is 12.6 Å². The van der Waals surface area contributed by atoms with Gasteiger partial charge >= 0.3 is 0 Å². The molecule has 0 saturated heterocycles. The Labute approximate surface area is 143 Å². The number of hydrazine groups is 1. The Morgan fingerprint density at radius 1 is 1.28 bits per heavy atom. The molecule has 9 nitrogen and oxygen atoms in total. The predicted octanol–water partition coefficient (Wildman–Crippen LogP) is 1.00. The molecule has 25 heavy (non-hydrogen) atoms. The van der Waals surface area contributed by atoms with Gasteiger partial charge in [-0.2, -0.15) is 15.5 Å². The van der Waals surface area contributed by atoms with Crippen molar-refractivity contribution >= 4 is 11.7 Å². The monoisotopic (exact) mass is 336 g/mol. The molecular weight excluding hydrogens is 320 g/mol. The normalized spacial score (nSPS) is 10.3. The number of nitrogens with zero attached hydrogens (tertiary/aromatic N) is 6. The van der Waals surface area contributed by atoms with E-state index in [-0.39, 0.29) is 12.5 Å². The number of aryl methyl sites for hydroxylation is 2. The van der Waals surface area contributed by atoms with Crippen LogP contribution in [0.3, 0.4) is 0 Å². The molecular formula is C16H16N8O. The summed E-state index contributed by atoms with van der Waals surface area (Å²) >= 11 is 0.